The highest BCUT2D eigenvalue weighted by Gasteiger charge is 2.10. The van der Waals surface area contributed by atoms with Gasteiger partial charge < -0.3 is 15.2 Å². The molecule has 2 N–H and O–H groups in total. The van der Waals surface area contributed by atoms with E-state index < -0.39 is 18.4 Å². The van der Waals surface area contributed by atoms with Gasteiger partial charge in [0.05, 0.1) is 0 Å². The summed E-state index contributed by atoms with van der Waals surface area (Å²) in [5.41, 5.74) is 4.66. The highest BCUT2D eigenvalue weighted by Crippen LogP contribution is 1.96. The molecule has 0 radical (unpaired) electrons. The summed E-state index contributed by atoms with van der Waals surface area (Å²) in [5.74, 6) is -0.721. The second-order valence-electron chi connectivity index (χ2n) is 1.68. The highest BCUT2D eigenvalue weighted by molar-refractivity contribution is 5.81. The van der Waals surface area contributed by atoms with Crippen LogP contribution in [0.2, 0.25) is 0 Å². The Morgan fingerprint density at radius 1 is 1.33 bits per heavy atom. The zero-order chi connectivity index (χ0) is 9.56. The van der Waals surface area contributed by atoms with Gasteiger partial charge in [0.1, 0.15) is 0 Å². The fraction of sp³-hybridized carbons (Fsp3) is 0.143. The van der Waals surface area contributed by atoms with Gasteiger partial charge in [0.2, 0.25) is 0 Å². The number of hydrogen-bond donors (Lipinski definition) is 1. The second-order valence-corrected chi connectivity index (χ2v) is 1.68. The summed E-state index contributed by atoms with van der Waals surface area (Å²) < 4.78 is 8.76. The van der Waals surface area contributed by atoms with Crippen LogP contribution in [0.3, 0.4) is 0 Å². The van der Waals surface area contributed by atoms with Crippen LogP contribution in [-0.4, -0.2) is 18.4 Å². The summed E-state index contributed by atoms with van der Waals surface area (Å²) >= 11 is 0. The average molecular weight is 171 g/mol. The van der Waals surface area contributed by atoms with Crippen LogP contribution in [0.15, 0.2) is 25.3 Å². The van der Waals surface area contributed by atoms with Crippen LogP contribution in [0, 0.1) is 0 Å². The third kappa shape index (κ3) is 4.10. The number of carbonyl (C=O) groups excluding carboxylic acids is 2. The standard InChI is InChI=1S/C7H9NO4/c1-3-5(9)11-6(4-2)12-7(8)10/h3-4,6H,1-2H2,(H2,8,10). The first-order valence-corrected chi connectivity index (χ1v) is 3.02. The van der Waals surface area contributed by atoms with Gasteiger partial charge in [0, 0.05) is 6.08 Å². The van der Waals surface area contributed by atoms with E-state index in [9.17, 15) is 9.59 Å². The third-order valence-corrected chi connectivity index (χ3v) is 0.824. The van der Waals surface area contributed by atoms with E-state index in [2.05, 4.69) is 28.4 Å². The van der Waals surface area contributed by atoms with E-state index >= 15 is 0 Å². The van der Waals surface area contributed by atoms with E-state index in [0.29, 0.717) is 0 Å². The van der Waals surface area contributed by atoms with Crippen molar-refractivity contribution in [3.05, 3.63) is 25.3 Å². The number of carbonyl (C=O) groups is 2. The summed E-state index contributed by atoms with van der Waals surface area (Å²) in [6.45, 7) is 6.40. The van der Waals surface area contributed by atoms with Crippen molar-refractivity contribution in [2.24, 2.45) is 5.73 Å². The Morgan fingerprint density at radius 2 is 1.92 bits per heavy atom. The van der Waals surface area contributed by atoms with E-state index in [1.807, 2.05) is 0 Å². The summed E-state index contributed by atoms with van der Waals surface area (Å²) in [6.07, 6.45) is -0.155. The maximum atomic E-state index is 10.5. The molecule has 0 saturated carbocycles. The molecule has 0 spiro atoms. The van der Waals surface area contributed by atoms with Gasteiger partial charge >= 0.3 is 12.1 Å². The first-order valence-electron chi connectivity index (χ1n) is 3.02. The summed E-state index contributed by atoms with van der Waals surface area (Å²) in [4.78, 5) is 20.7. The van der Waals surface area contributed by atoms with Gasteiger partial charge in [-0.2, -0.15) is 0 Å². The number of rotatable bonds is 4. The first-order chi connectivity index (χ1) is 5.60. The van der Waals surface area contributed by atoms with Crippen LogP contribution in [0.5, 0.6) is 0 Å². The Hall–Kier alpha value is -1.78. The zero-order valence-corrected chi connectivity index (χ0v) is 6.36. The van der Waals surface area contributed by atoms with Crippen molar-refractivity contribution in [2.45, 2.75) is 6.29 Å². The smallest absolute Gasteiger partial charge is 0.407 e. The molecule has 0 aliphatic carbocycles. The molecule has 0 heterocycles. The predicted molar refractivity (Wildman–Crippen MR) is 40.9 cm³/mol. The summed E-state index contributed by atoms with van der Waals surface area (Å²) in [7, 11) is 0. The molecular formula is C7H9NO4. The van der Waals surface area contributed by atoms with Crippen molar-refractivity contribution >= 4 is 12.1 Å². The van der Waals surface area contributed by atoms with Crippen molar-refractivity contribution in [3.8, 4) is 0 Å². The molecule has 0 aliphatic heterocycles. The van der Waals surface area contributed by atoms with Crippen LogP contribution in [0.25, 0.3) is 0 Å². The lowest BCUT2D eigenvalue weighted by Gasteiger charge is -2.10. The van der Waals surface area contributed by atoms with Crippen molar-refractivity contribution in [3.63, 3.8) is 0 Å². The molecule has 0 saturated heterocycles. The van der Waals surface area contributed by atoms with Gasteiger partial charge in [-0.25, -0.2) is 9.59 Å². The Morgan fingerprint density at radius 3 is 2.25 bits per heavy atom. The van der Waals surface area contributed by atoms with Gasteiger partial charge in [-0.1, -0.05) is 13.2 Å². The van der Waals surface area contributed by atoms with Crippen LogP contribution < -0.4 is 5.73 Å². The minimum absolute atomic E-state index is 0.721. The molecular weight excluding hydrogens is 162 g/mol. The van der Waals surface area contributed by atoms with E-state index in [-0.39, 0.29) is 0 Å². The third-order valence-electron chi connectivity index (χ3n) is 0.824. The van der Waals surface area contributed by atoms with Gasteiger partial charge in [-0.15, -0.1) is 0 Å². The quantitative estimate of drug-likeness (QED) is 0.286. The van der Waals surface area contributed by atoms with E-state index in [4.69, 9.17) is 0 Å². The Labute approximate surface area is 69.4 Å². The minimum Gasteiger partial charge on any atom is -0.418 e. The van der Waals surface area contributed by atoms with Crippen molar-refractivity contribution in [2.75, 3.05) is 0 Å². The predicted octanol–water partition coefficient (Wildman–Crippen LogP) is 0.323. The molecule has 1 amide bonds. The maximum Gasteiger partial charge on any atom is 0.407 e. The van der Waals surface area contributed by atoms with Crippen LogP contribution in [0.1, 0.15) is 0 Å². The number of hydrogen-bond acceptors (Lipinski definition) is 4. The van der Waals surface area contributed by atoms with Crippen molar-refractivity contribution < 1.29 is 19.1 Å². The highest BCUT2D eigenvalue weighted by atomic mass is 16.7. The Kier molecular flexibility index (Phi) is 4.21. The van der Waals surface area contributed by atoms with Gasteiger partial charge in [-0.3, -0.25) is 0 Å². The van der Waals surface area contributed by atoms with Crippen molar-refractivity contribution in [1.29, 1.82) is 0 Å². The van der Waals surface area contributed by atoms with Crippen molar-refractivity contribution in [1.82, 2.24) is 0 Å². The lowest BCUT2D eigenvalue weighted by atomic mass is 10.6. The topological polar surface area (TPSA) is 78.6 Å². The molecule has 1 unspecified atom stereocenters. The van der Waals surface area contributed by atoms with Gasteiger partial charge in [0.25, 0.3) is 6.29 Å². The van der Waals surface area contributed by atoms with Gasteiger partial charge in [-0.05, 0) is 6.08 Å². The monoisotopic (exact) mass is 171 g/mol. The Balaban J connectivity index is 3.99. The largest absolute Gasteiger partial charge is 0.418 e. The molecule has 0 aliphatic rings. The first kappa shape index (κ1) is 10.2. The minimum atomic E-state index is -1.16. The fourth-order valence-corrected chi connectivity index (χ4v) is 0.397. The summed E-state index contributed by atoms with van der Waals surface area (Å²) in [5, 5.41) is 0. The Bertz CT molecular complexity index is 211. The lowest BCUT2D eigenvalue weighted by molar-refractivity contribution is -0.154. The van der Waals surface area contributed by atoms with E-state index in [1.165, 1.54) is 0 Å². The number of amides is 1. The molecule has 0 bridgehead atoms. The lowest BCUT2D eigenvalue weighted by Crippen LogP contribution is -2.25. The number of esters is 1. The molecule has 0 aromatic heterocycles. The number of primary amides is 1. The normalized spacial score (nSPS) is 11.0. The zero-order valence-electron chi connectivity index (χ0n) is 6.36. The molecule has 0 fully saturated rings. The van der Waals surface area contributed by atoms with Crippen LogP contribution >= 0.6 is 0 Å². The van der Waals surface area contributed by atoms with Crippen LogP contribution in [0.4, 0.5) is 4.79 Å². The van der Waals surface area contributed by atoms with E-state index in [0.717, 1.165) is 12.2 Å². The van der Waals surface area contributed by atoms with Gasteiger partial charge in [0.15, 0.2) is 0 Å². The molecule has 0 aromatic carbocycles. The molecule has 1 atom stereocenters. The molecule has 66 valence electrons. The maximum absolute atomic E-state index is 10.5. The molecule has 12 heavy (non-hydrogen) atoms. The van der Waals surface area contributed by atoms with E-state index in [1.54, 1.807) is 0 Å². The SMILES string of the molecule is C=CC(=O)OC(C=C)OC(N)=O. The molecule has 5 heteroatoms. The second kappa shape index (κ2) is 4.95. The average Bonchev–Trinajstić information content (AvgIpc) is 2.02. The number of nitrogens with two attached hydrogens (primary N) is 1. The number of ether oxygens (including phenoxy) is 2. The van der Waals surface area contributed by atoms with Crippen LogP contribution in [-0.2, 0) is 14.3 Å². The molecule has 0 aromatic rings. The molecule has 0 rings (SSSR count). The fourth-order valence-electron chi connectivity index (χ4n) is 0.397. The molecule has 5 nitrogen and oxygen atoms in total. The summed E-state index contributed by atoms with van der Waals surface area (Å²) in [6, 6.07) is 0.